The van der Waals surface area contributed by atoms with Crippen molar-refractivity contribution in [1.82, 2.24) is 5.32 Å². The van der Waals surface area contributed by atoms with E-state index in [1.807, 2.05) is 31.2 Å². The Balaban J connectivity index is 1.82. The summed E-state index contributed by atoms with van der Waals surface area (Å²) in [5.74, 6) is 0.844. The van der Waals surface area contributed by atoms with Crippen molar-refractivity contribution in [1.29, 1.82) is 5.26 Å². The van der Waals surface area contributed by atoms with Gasteiger partial charge in [-0.15, -0.1) is 0 Å². The van der Waals surface area contributed by atoms with Gasteiger partial charge in [0.05, 0.1) is 12.5 Å². The van der Waals surface area contributed by atoms with Crippen LogP contribution in [0.15, 0.2) is 24.3 Å². The summed E-state index contributed by atoms with van der Waals surface area (Å²) in [5, 5.41) is 15.0. The summed E-state index contributed by atoms with van der Waals surface area (Å²) < 4.78 is 0. The molecule has 1 saturated carbocycles. The maximum Gasteiger partial charge on any atom is 0.242 e. The van der Waals surface area contributed by atoms with Gasteiger partial charge in [0.2, 0.25) is 5.91 Å². The van der Waals surface area contributed by atoms with E-state index in [4.69, 9.17) is 5.26 Å². The molecule has 0 heterocycles. The highest BCUT2D eigenvalue weighted by atomic mass is 16.2. The molecule has 0 bridgehead atoms. The van der Waals surface area contributed by atoms with Crippen LogP contribution in [0.2, 0.25) is 0 Å². The molecule has 2 rings (SSSR count). The second kappa shape index (κ2) is 7.84. The summed E-state index contributed by atoms with van der Waals surface area (Å²) in [6.45, 7) is 4.15. The molecule has 0 spiro atoms. The van der Waals surface area contributed by atoms with Gasteiger partial charge in [0.25, 0.3) is 0 Å². The van der Waals surface area contributed by atoms with Crippen LogP contribution in [-0.4, -0.2) is 18.0 Å². The topological polar surface area (TPSA) is 64.9 Å². The largest absolute Gasteiger partial charge is 0.374 e. The van der Waals surface area contributed by atoms with Crippen LogP contribution in [0, 0.1) is 17.2 Å². The molecule has 1 unspecified atom stereocenters. The molecular weight excluding hydrogens is 274 g/mol. The summed E-state index contributed by atoms with van der Waals surface area (Å²) in [4.78, 5) is 12.2. The first-order valence-corrected chi connectivity index (χ1v) is 8.11. The third-order valence-corrected chi connectivity index (χ3v) is 4.38. The Labute approximate surface area is 132 Å². The molecule has 118 valence electrons. The lowest BCUT2D eigenvalue weighted by molar-refractivity contribution is -0.122. The fourth-order valence-electron chi connectivity index (χ4n) is 2.86. The van der Waals surface area contributed by atoms with Gasteiger partial charge in [-0.3, -0.25) is 4.79 Å². The van der Waals surface area contributed by atoms with E-state index in [1.54, 1.807) is 0 Å². The Morgan fingerprint density at radius 2 is 1.91 bits per heavy atom. The third kappa shape index (κ3) is 4.77. The van der Waals surface area contributed by atoms with Gasteiger partial charge in [-0.05, 0) is 56.2 Å². The third-order valence-electron chi connectivity index (χ3n) is 4.38. The second-order valence-corrected chi connectivity index (χ2v) is 6.36. The Hall–Kier alpha value is -2.02. The molecule has 2 N–H and O–H groups in total. The lowest BCUT2D eigenvalue weighted by Gasteiger charge is -2.28. The molecule has 0 aromatic heterocycles. The van der Waals surface area contributed by atoms with Crippen molar-refractivity contribution in [2.75, 3.05) is 5.32 Å². The van der Waals surface area contributed by atoms with E-state index in [2.05, 4.69) is 23.6 Å². The molecule has 1 fully saturated rings. The molecule has 0 aliphatic heterocycles. The highest BCUT2D eigenvalue weighted by Crippen LogP contribution is 2.23. The average Bonchev–Trinajstić information content (AvgIpc) is 2.51. The first kappa shape index (κ1) is 16.4. The van der Waals surface area contributed by atoms with Crippen LogP contribution in [0.5, 0.6) is 0 Å². The van der Waals surface area contributed by atoms with Crippen molar-refractivity contribution in [2.45, 2.75) is 58.0 Å². The molecule has 4 nitrogen and oxygen atoms in total. The number of nitrogens with zero attached hydrogens (tertiary/aromatic N) is 1. The van der Waals surface area contributed by atoms with E-state index >= 15 is 0 Å². The van der Waals surface area contributed by atoms with Crippen LogP contribution in [-0.2, 0) is 11.2 Å². The summed E-state index contributed by atoms with van der Waals surface area (Å²) in [7, 11) is 0. The maximum atomic E-state index is 12.2. The molecule has 1 atom stereocenters. The van der Waals surface area contributed by atoms with E-state index in [9.17, 15) is 4.79 Å². The van der Waals surface area contributed by atoms with E-state index in [-0.39, 0.29) is 11.9 Å². The fourth-order valence-corrected chi connectivity index (χ4v) is 2.86. The van der Waals surface area contributed by atoms with Crippen LogP contribution < -0.4 is 10.6 Å². The standard InChI is InChI=1S/C18H25N3O/c1-13-3-7-17(8-4-13)21-18(22)14(2)20-16-9-5-15(6-10-16)11-12-19/h5-6,9-10,13-14,17,20H,3-4,7-8,11H2,1-2H3,(H,21,22). The van der Waals surface area contributed by atoms with Crippen molar-refractivity contribution in [3.05, 3.63) is 29.8 Å². The highest BCUT2D eigenvalue weighted by Gasteiger charge is 2.22. The molecule has 1 aliphatic rings. The Kier molecular flexibility index (Phi) is 5.83. The lowest BCUT2D eigenvalue weighted by atomic mass is 9.87. The second-order valence-electron chi connectivity index (χ2n) is 6.36. The summed E-state index contributed by atoms with van der Waals surface area (Å²) in [5.41, 5.74) is 1.89. The molecule has 1 amide bonds. The number of nitriles is 1. The van der Waals surface area contributed by atoms with E-state index in [1.165, 1.54) is 12.8 Å². The fraction of sp³-hybridized carbons (Fsp3) is 0.556. The number of amides is 1. The minimum Gasteiger partial charge on any atom is -0.374 e. The van der Waals surface area contributed by atoms with Crippen molar-refractivity contribution in [3.8, 4) is 6.07 Å². The van der Waals surface area contributed by atoms with Crippen molar-refractivity contribution in [3.63, 3.8) is 0 Å². The van der Waals surface area contributed by atoms with Crippen LogP contribution in [0.25, 0.3) is 0 Å². The molecule has 1 aromatic rings. The number of rotatable bonds is 5. The number of benzene rings is 1. The smallest absolute Gasteiger partial charge is 0.242 e. The molecule has 0 saturated heterocycles. The number of carbonyl (C=O) groups is 1. The molecule has 1 aromatic carbocycles. The molecule has 22 heavy (non-hydrogen) atoms. The van der Waals surface area contributed by atoms with Gasteiger partial charge in [-0.1, -0.05) is 19.1 Å². The van der Waals surface area contributed by atoms with Crippen LogP contribution in [0.1, 0.15) is 45.1 Å². The first-order chi connectivity index (χ1) is 10.6. The van der Waals surface area contributed by atoms with E-state index in [0.29, 0.717) is 12.5 Å². The molecule has 1 aliphatic carbocycles. The first-order valence-electron chi connectivity index (χ1n) is 8.11. The normalized spacial score (nSPS) is 22.4. The summed E-state index contributed by atoms with van der Waals surface area (Å²) in [6, 6.07) is 9.85. The number of anilines is 1. The van der Waals surface area contributed by atoms with Gasteiger partial charge in [0, 0.05) is 11.7 Å². The predicted molar refractivity (Wildman–Crippen MR) is 88.4 cm³/mol. The summed E-state index contributed by atoms with van der Waals surface area (Å²) >= 11 is 0. The Morgan fingerprint density at radius 3 is 2.50 bits per heavy atom. The van der Waals surface area contributed by atoms with Crippen LogP contribution in [0.4, 0.5) is 5.69 Å². The minimum atomic E-state index is -0.263. The Bertz CT molecular complexity index is 524. The zero-order chi connectivity index (χ0) is 15.9. The zero-order valence-electron chi connectivity index (χ0n) is 13.4. The van der Waals surface area contributed by atoms with Crippen LogP contribution in [0.3, 0.4) is 0 Å². The average molecular weight is 299 g/mol. The molecular formula is C18H25N3O. The van der Waals surface area contributed by atoms with Gasteiger partial charge >= 0.3 is 0 Å². The van der Waals surface area contributed by atoms with Gasteiger partial charge in [-0.2, -0.15) is 5.26 Å². The maximum absolute atomic E-state index is 12.2. The Morgan fingerprint density at radius 1 is 1.27 bits per heavy atom. The predicted octanol–water partition coefficient (Wildman–Crippen LogP) is 3.25. The number of hydrogen-bond donors (Lipinski definition) is 2. The SMILES string of the molecule is CC1CCC(NC(=O)C(C)Nc2ccc(CC#N)cc2)CC1. The molecule has 0 radical (unpaired) electrons. The summed E-state index contributed by atoms with van der Waals surface area (Å²) in [6.07, 6.45) is 4.99. The quantitative estimate of drug-likeness (QED) is 0.877. The van der Waals surface area contributed by atoms with E-state index < -0.39 is 0 Å². The van der Waals surface area contributed by atoms with E-state index in [0.717, 1.165) is 30.0 Å². The number of carbonyl (C=O) groups excluding carboxylic acids is 1. The van der Waals surface area contributed by atoms with Crippen molar-refractivity contribution in [2.24, 2.45) is 5.92 Å². The number of nitrogens with one attached hydrogen (secondary N) is 2. The number of hydrogen-bond acceptors (Lipinski definition) is 3. The lowest BCUT2D eigenvalue weighted by Crippen LogP contribution is -2.44. The van der Waals surface area contributed by atoms with Gasteiger partial charge in [0.1, 0.15) is 6.04 Å². The van der Waals surface area contributed by atoms with Gasteiger partial charge in [0.15, 0.2) is 0 Å². The van der Waals surface area contributed by atoms with Gasteiger partial charge in [-0.25, -0.2) is 0 Å². The van der Waals surface area contributed by atoms with Gasteiger partial charge < -0.3 is 10.6 Å². The minimum absolute atomic E-state index is 0.0562. The van der Waals surface area contributed by atoms with Crippen LogP contribution >= 0.6 is 0 Å². The monoisotopic (exact) mass is 299 g/mol. The van der Waals surface area contributed by atoms with Crippen molar-refractivity contribution >= 4 is 11.6 Å². The molecule has 4 heteroatoms. The highest BCUT2D eigenvalue weighted by molar-refractivity contribution is 5.84. The van der Waals surface area contributed by atoms with Crippen molar-refractivity contribution < 1.29 is 4.79 Å². The zero-order valence-corrected chi connectivity index (χ0v) is 13.4.